The Kier molecular flexibility index (Phi) is 13.1. The normalized spacial score (nSPS) is 10.8. The van der Waals surface area contributed by atoms with Gasteiger partial charge in [-0.1, -0.05) is 91.6 Å². The van der Waals surface area contributed by atoms with E-state index in [4.69, 9.17) is 9.47 Å². The van der Waals surface area contributed by atoms with Gasteiger partial charge < -0.3 is 9.47 Å². The lowest BCUT2D eigenvalue weighted by Gasteiger charge is -2.08. The fourth-order valence-electron chi connectivity index (χ4n) is 3.56. The second kappa shape index (κ2) is 15.9. The summed E-state index contributed by atoms with van der Waals surface area (Å²) >= 11 is 3.49. The highest BCUT2D eigenvalue weighted by Crippen LogP contribution is 2.23. The van der Waals surface area contributed by atoms with Crippen LogP contribution >= 0.6 is 15.9 Å². The molecule has 0 spiro atoms. The number of carbonyl (C=O) groups excluding carboxylic acids is 1. The van der Waals surface area contributed by atoms with E-state index in [0.29, 0.717) is 12.2 Å². The van der Waals surface area contributed by atoms with Crippen molar-refractivity contribution in [1.82, 2.24) is 0 Å². The highest BCUT2D eigenvalue weighted by Gasteiger charge is 2.06. The topological polar surface area (TPSA) is 35.5 Å². The van der Waals surface area contributed by atoms with Gasteiger partial charge in [0.25, 0.3) is 0 Å². The van der Waals surface area contributed by atoms with Crippen molar-refractivity contribution >= 4 is 21.9 Å². The molecular formula is C27H37BrO3. The summed E-state index contributed by atoms with van der Waals surface area (Å²) in [4.78, 5) is 11.8. The van der Waals surface area contributed by atoms with Crippen LogP contribution in [0.25, 0.3) is 11.1 Å². The van der Waals surface area contributed by atoms with Crippen LogP contribution in [0.5, 0.6) is 5.75 Å². The van der Waals surface area contributed by atoms with E-state index in [1.165, 1.54) is 57.8 Å². The third-order valence-corrected chi connectivity index (χ3v) is 5.94. The van der Waals surface area contributed by atoms with E-state index in [2.05, 4.69) is 28.1 Å². The van der Waals surface area contributed by atoms with Crippen LogP contribution in [0.1, 0.15) is 81.5 Å². The molecule has 0 saturated heterocycles. The van der Waals surface area contributed by atoms with Gasteiger partial charge >= 0.3 is 5.97 Å². The molecule has 170 valence electrons. The molecule has 3 nitrogen and oxygen atoms in total. The van der Waals surface area contributed by atoms with Crippen molar-refractivity contribution in [3.63, 3.8) is 0 Å². The van der Waals surface area contributed by atoms with Crippen LogP contribution in [0, 0.1) is 0 Å². The number of unbranched alkanes of at least 4 members (excludes halogenated alkanes) is 9. The summed E-state index contributed by atoms with van der Waals surface area (Å²) in [5.74, 6) is 0.633. The second-order valence-corrected chi connectivity index (χ2v) is 8.69. The van der Waals surface area contributed by atoms with Gasteiger partial charge in [-0.05, 0) is 55.2 Å². The highest BCUT2D eigenvalue weighted by atomic mass is 79.9. The van der Waals surface area contributed by atoms with Crippen LogP contribution in [0.4, 0.5) is 0 Å². The Balaban J connectivity index is 1.59. The highest BCUT2D eigenvalue weighted by molar-refractivity contribution is 9.09. The minimum Gasteiger partial charge on any atom is -0.494 e. The van der Waals surface area contributed by atoms with Gasteiger partial charge in [-0.2, -0.15) is 0 Å². The number of carbonyl (C=O) groups is 1. The summed E-state index contributed by atoms with van der Waals surface area (Å²) < 4.78 is 10.9. The van der Waals surface area contributed by atoms with Crippen molar-refractivity contribution in [2.45, 2.75) is 71.1 Å². The van der Waals surface area contributed by atoms with E-state index in [9.17, 15) is 4.79 Å². The molecule has 0 atom stereocenters. The maximum atomic E-state index is 11.8. The Morgan fingerprint density at radius 3 is 1.71 bits per heavy atom. The van der Waals surface area contributed by atoms with Gasteiger partial charge in [0.1, 0.15) is 5.75 Å². The molecule has 0 aliphatic rings. The molecule has 0 saturated carbocycles. The van der Waals surface area contributed by atoms with Crippen molar-refractivity contribution in [3.8, 4) is 16.9 Å². The lowest BCUT2D eigenvalue weighted by Crippen LogP contribution is -2.03. The van der Waals surface area contributed by atoms with Crippen LogP contribution in [0.15, 0.2) is 48.5 Å². The molecule has 0 radical (unpaired) electrons. The van der Waals surface area contributed by atoms with Crippen LogP contribution in [0.3, 0.4) is 0 Å². The monoisotopic (exact) mass is 488 g/mol. The van der Waals surface area contributed by atoms with Crippen molar-refractivity contribution in [3.05, 3.63) is 54.1 Å². The zero-order chi connectivity index (χ0) is 22.2. The smallest absolute Gasteiger partial charge is 0.338 e. The SMILES string of the molecule is CCOC(=O)c1ccc(-c2ccc(OCCCCCCCCCCCCBr)cc2)cc1. The maximum absolute atomic E-state index is 11.8. The first kappa shape index (κ1) is 25.5. The second-order valence-electron chi connectivity index (χ2n) is 7.90. The lowest BCUT2D eigenvalue weighted by atomic mass is 10.0. The molecule has 0 fully saturated rings. The van der Waals surface area contributed by atoms with E-state index in [1.54, 1.807) is 0 Å². The molecule has 0 unspecified atom stereocenters. The van der Waals surface area contributed by atoms with Crippen LogP contribution < -0.4 is 4.74 Å². The van der Waals surface area contributed by atoms with Gasteiger partial charge in [-0.25, -0.2) is 4.79 Å². The average Bonchev–Trinajstić information content (AvgIpc) is 2.80. The molecule has 0 heterocycles. The number of hydrogen-bond donors (Lipinski definition) is 0. The molecule has 2 aromatic rings. The Labute approximate surface area is 196 Å². The summed E-state index contributed by atoms with van der Waals surface area (Å²) in [6, 6.07) is 15.7. The molecule has 0 aromatic heterocycles. The molecule has 0 bridgehead atoms. The zero-order valence-corrected chi connectivity index (χ0v) is 20.5. The van der Waals surface area contributed by atoms with Crippen molar-refractivity contribution < 1.29 is 14.3 Å². The van der Waals surface area contributed by atoms with Crippen LogP contribution in [-0.4, -0.2) is 24.5 Å². The largest absolute Gasteiger partial charge is 0.494 e. The average molecular weight is 489 g/mol. The summed E-state index contributed by atoms with van der Waals surface area (Å²) in [7, 11) is 0. The number of halogens is 1. The van der Waals surface area contributed by atoms with Crippen LogP contribution in [0.2, 0.25) is 0 Å². The van der Waals surface area contributed by atoms with E-state index in [-0.39, 0.29) is 5.97 Å². The summed E-state index contributed by atoms with van der Waals surface area (Å²) in [5.41, 5.74) is 2.76. The number of ether oxygens (including phenoxy) is 2. The molecule has 4 heteroatoms. The van der Waals surface area contributed by atoms with Gasteiger partial charge in [-0.15, -0.1) is 0 Å². The predicted octanol–water partition coefficient (Wildman–Crippen LogP) is 8.21. The first-order chi connectivity index (χ1) is 15.2. The molecule has 2 rings (SSSR count). The number of hydrogen-bond acceptors (Lipinski definition) is 3. The third kappa shape index (κ3) is 10.4. The summed E-state index contributed by atoms with van der Waals surface area (Å²) in [5, 5.41) is 1.14. The van der Waals surface area contributed by atoms with Crippen molar-refractivity contribution in [2.24, 2.45) is 0 Å². The number of alkyl halides is 1. The Hall–Kier alpha value is -1.81. The van der Waals surface area contributed by atoms with Crippen molar-refractivity contribution in [2.75, 3.05) is 18.5 Å². The standard InChI is InChI=1S/C27H37BrO3/c1-2-30-27(29)25-15-13-23(14-16-25)24-17-19-26(20-18-24)31-22-12-10-8-6-4-3-5-7-9-11-21-28/h13-20H,2-12,21-22H2,1H3. The predicted molar refractivity (Wildman–Crippen MR) is 133 cm³/mol. The van der Waals surface area contributed by atoms with Crippen molar-refractivity contribution in [1.29, 1.82) is 0 Å². The molecule has 0 aliphatic carbocycles. The van der Waals surface area contributed by atoms with Gasteiger partial charge in [-0.3, -0.25) is 0 Å². The lowest BCUT2D eigenvalue weighted by molar-refractivity contribution is 0.0526. The van der Waals surface area contributed by atoms with Gasteiger partial charge in [0.15, 0.2) is 0 Å². The van der Waals surface area contributed by atoms with Gasteiger partial charge in [0.2, 0.25) is 0 Å². The fourth-order valence-corrected chi connectivity index (χ4v) is 3.95. The maximum Gasteiger partial charge on any atom is 0.338 e. The Morgan fingerprint density at radius 2 is 1.19 bits per heavy atom. The van der Waals surface area contributed by atoms with Crippen LogP contribution in [-0.2, 0) is 4.74 Å². The molecule has 2 aromatic carbocycles. The zero-order valence-electron chi connectivity index (χ0n) is 18.9. The number of benzene rings is 2. The quantitative estimate of drug-likeness (QED) is 0.135. The molecule has 31 heavy (non-hydrogen) atoms. The van der Waals surface area contributed by atoms with Gasteiger partial charge in [0.05, 0.1) is 18.8 Å². The molecule has 0 amide bonds. The minimum absolute atomic E-state index is 0.279. The third-order valence-electron chi connectivity index (χ3n) is 5.38. The number of esters is 1. The fraction of sp³-hybridized carbons (Fsp3) is 0.519. The van der Waals surface area contributed by atoms with E-state index in [1.807, 2.05) is 43.3 Å². The van der Waals surface area contributed by atoms with Gasteiger partial charge in [0, 0.05) is 5.33 Å². The molecule has 0 N–H and O–H groups in total. The number of rotatable bonds is 16. The van der Waals surface area contributed by atoms with E-state index < -0.39 is 0 Å². The molecule has 0 aliphatic heterocycles. The molecular weight excluding hydrogens is 452 g/mol. The Morgan fingerprint density at radius 1 is 0.710 bits per heavy atom. The Bertz CT molecular complexity index is 725. The van der Waals surface area contributed by atoms with E-state index in [0.717, 1.165) is 35.2 Å². The first-order valence-corrected chi connectivity index (χ1v) is 12.9. The first-order valence-electron chi connectivity index (χ1n) is 11.8. The minimum atomic E-state index is -0.279. The van der Waals surface area contributed by atoms with E-state index >= 15 is 0 Å². The summed E-state index contributed by atoms with van der Waals surface area (Å²) in [6.45, 7) is 2.98. The summed E-state index contributed by atoms with van der Waals surface area (Å²) in [6.07, 6.45) is 13.2.